The van der Waals surface area contributed by atoms with Crippen molar-refractivity contribution in [3.8, 4) is 0 Å². The minimum Gasteiger partial charge on any atom is -0.423 e. The van der Waals surface area contributed by atoms with Crippen molar-refractivity contribution in [1.29, 1.82) is 0 Å². The van der Waals surface area contributed by atoms with Crippen LogP contribution in [-0.4, -0.2) is 25.3 Å². The molecule has 1 aliphatic heterocycles. The third-order valence-electron chi connectivity index (χ3n) is 2.96. The normalized spacial score (nSPS) is 14.5. The van der Waals surface area contributed by atoms with Gasteiger partial charge in [-0.2, -0.15) is 0 Å². The monoisotopic (exact) mass is 274 g/mol. The van der Waals surface area contributed by atoms with Gasteiger partial charge in [0.2, 0.25) is 5.88 Å². The highest BCUT2D eigenvalue weighted by molar-refractivity contribution is 6.61. The predicted molar refractivity (Wildman–Crippen MR) is 80.4 cm³/mol. The Morgan fingerprint density at radius 2 is 2.45 bits per heavy atom. The summed E-state index contributed by atoms with van der Waals surface area (Å²) >= 11 is 0. The average Bonchev–Trinajstić information content (AvgIpc) is 2.46. The van der Waals surface area contributed by atoms with Crippen LogP contribution in [0, 0.1) is 0 Å². The molecule has 0 radical (unpaired) electrons. The van der Waals surface area contributed by atoms with Crippen molar-refractivity contribution in [3.63, 3.8) is 0 Å². The van der Waals surface area contributed by atoms with Crippen molar-refractivity contribution >= 4 is 18.3 Å². The lowest BCUT2D eigenvalue weighted by atomic mass is 9.73. The highest BCUT2D eigenvalue weighted by atomic mass is 16.7. The predicted octanol–water partition coefficient (Wildman–Crippen LogP) is 0.927. The maximum Gasteiger partial charge on any atom is 0.491 e. The van der Waals surface area contributed by atoms with Gasteiger partial charge < -0.3 is 19.8 Å². The molecule has 0 aromatic heterocycles. The Kier molecular flexibility index (Phi) is 5.09. The molecule has 0 spiro atoms. The Bertz CT molecular complexity index is 505. The molecule has 6 heteroatoms. The summed E-state index contributed by atoms with van der Waals surface area (Å²) in [6, 6.07) is 5.71. The zero-order chi connectivity index (χ0) is 14.4. The van der Waals surface area contributed by atoms with Gasteiger partial charge in [0.25, 0.3) is 0 Å². The third-order valence-corrected chi connectivity index (χ3v) is 2.96. The van der Waals surface area contributed by atoms with Gasteiger partial charge in [-0.25, -0.2) is 5.48 Å². The summed E-state index contributed by atoms with van der Waals surface area (Å²) in [6.07, 6.45) is 4.18. The van der Waals surface area contributed by atoms with Gasteiger partial charge in [0.15, 0.2) is 0 Å². The molecule has 0 saturated carbocycles. The van der Waals surface area contributed by atoms with E-state index in [9.17, 15) is 5.02 Å². The lowest BCUT2D eigenvalue weighted by molar-refractivity contribution is 0.257. The summed E-state index contributed by atoms with van der Waals surface area (Å²) in [5.74, 6) is 0.581. The first-order valence-corrected chi connectivity index (χ1v) is 6.66. The van der Waals surface area contributed by atoms with Gasteiger partial charge in [0, 0.05) is 19.2 Å². The van der Waals surface area contributed by atoms with Crippen molar-refractivity contribution in [1.82, 2.24) is 5.32 Å². The van der Waals surface area contributed by atoms with Crippen LogP contribution < -0.4 is 16.3 Å². The number of hydrogen-bond donors (Lipinski definition) is 3. The van der Waals surface area contributed by atoms with Crippen LogP contribution in [0.15, 0.2) is 42.8 Å². The van der Waals surface area contributed by atoms with Gasteiger partial charge in [-0.05, 0) is 36.5 Å². The molecule has 3 N–H and O–H groups in total. The highest BCUT2D eigenvalue weighted by Gasteiger charge is 2.24. The Morgan fingerprint density at radius 1 is 1.60 bits per heavy atom. The standard InChI is InChI=1S/C14H19BN2O3/c1-3-5-14(16-4-2)20-17-12-7-6-11-8-9-19-15(18)13(11)10-12/h3,5-7,10,16-18H,1,4,8-9H2,2H3/b14-5+. The van der Waals surface area contributed by atoms with Crippen LogP contribution in [-0.2, 0) is 15.9 Å². The molecule has 0 unspecified atom stereocenters. The molecule has 1 aromatic carbocycles. The zero-order valence-corrected chi connectivity index (χ0v) is 11.6. The maximum absolute atomic E-state index is 9.80. The Hall–Kier alpha value is -1.92. The summed E-state index contributed by atoms with van der Waals surface area (Å²) in [5, 5.41) is 12.9. The van der Waals surface area contributed by atoms with Crippen LogP contribution in [0.1, 0.15) is 12.5 Å². The van der Waals surface area contributed by atoms with Gasteiger partial charge in [0.05, 0.1) is 5.69 Å². The smallest absolute Gasteiger partial charge is 0.423 e. The molecule has 1 aromatic rings. The second kappa shape index (κ2) is 7.02. The molecule has 5 nitrogen and oxygen atoms in total. The molecule has 1 heterocycles. The molecule has 2 rings (SSSR count). The SMILES string of the molecule is C=C/C=C(\NCC)ONc1ccc2c(c1)B(O)OCC2. The molecule has 106 valence electrons. The van der Waals surface area contributed by atoms with Crippen molar-refractivity contribution in [2.24, 2.45) is 0 Å². The first-order valence-electron chi connectivity index (χ1n) is 6.66. The van der Waals surface area contributed by atoms with E-state index in [0.717, 1.165) is 29.7 Å². The molecule has 0 aliphatic carbocycles. The largest absolute Gasteiger partial charge is 0.491 e. The molecule has 0 atom stereocenters. The Morgan fingerprint density at radius 3 is 3.20 bits per heavy atom. The summed E-state index contributed by atoms with van der Waals surface area (Å²) in [5.41, 5.74) is 5.47. The molecular formula is C14H19BN2O3. The number of benzene rings is 1. The first-order chi connectivity index (χ1) is 9.74. The molecule has 0 saturated heterocycles. The van der Waals surface area contributed by atoms with E-state index >= 15 is 0 Å². The quantitative estimate of drug-likeness (QED) is 0.312. The second-order valence-corrected chi connectivity index (χ2v) is 4.39. The van der Waals surface area contributed by atoms with Crippen LogP contribution in [0.2, 0.25) is 0 Å². The van der Waals surface area contributed by atoms with Crippen molar-refractivity contribution in [2.75, 3.05) is 18.6 Å². The number of rotatable bonds is 6. The molecule has 1 aliphatic rings. The summed E-state index contributed by atoms with van der Waals surface area (Å²) in [7, 11) is -0.863. The summed E-state index contributed by atoms with van der Waals surface area (Å²) in [6.45, 7) is 6.90. The van der Waals surface area contributed by atoms with Crippen LogP contribution in [0.4, 0.5) is 5.69 Å². The van der Waals surface area contributed by atoms with E-state index in [2.05, 4.69) is 17.4 Å². The molecule has 0 amide bonds. The van der Waals surface area contributed by atoms with Crippen LogP contribution in [0.25, 0.3) is 0 Å². The summed E-state index contributed by atoms with van der Waals surface area (Å²) < 4.78 is 5.21. The van der Waals surface area contributed by atoms with Gasteiger partial charge in [0.1, 0.15) is 0 Å². The van der Waals surface area contributed by atoms with Gasteiger partial charge >= 0.3 is 7.12 Å². The number of hydrogen-bond acceptors (Lipinski definition) is 5. The van der Waals surface area contributed by atoms with Gasteiger partial charge in [-0.3, -0.25) is 0 Å². The van der Waals surface area contributed by atoms with Crippen LogP contribution in [0.3, 0.4) is 0 Å². The number of nitrogens with one attached hydrogen (secondary N) is 2. The van der Waals surface area contributed by atoms with Crippen molar-refractivity contribution < 1.29 is 14.5 Å². The fourth-order valence-electron chi connectivity index (χ4n) is 2.01. The summed E-state index contributed by atoms with van der Waals surface area (Å²) in [4.78, 5) is 5.44. The lowest BCUT2D eigenvalue weighted by Gasteiger charge is -2.20. The number of fused-ring (bicyclic) bond motifs is 1. The molecular weight excluding hydrogens is 255 g/mol. The second-order valence-electron chi connectivity index (χ2n) is 4.39. The maximum atomic E-state index is 9.80. The van der Waals surface area contributed by atoms with E-state index < -0.39 is 7.12 Å². The minimum atomic E-state index is -0.863. The minimum absolute atomic E-state index is 0.546. The van der Waals surface area contributed by atoms with E-state index in [1.165, 1.54) is 0 Å². The molecule has 20 heavy (non-hydrogen) atoms. The van der Waals surface area contributed by atoms with E-state index in [0.29, 0.717) is 12.5 Å². The van der Waals surface area contributed by atoms with E-state index in [4.69, 9.17) is 9.49 Å². The fraction of sp³-hybridized carbons (Fsp3) is 0.286. The lowest BCUT2D eigenvalue weighted by Crippen LogP contribution is -2.41. The van der Waals surface area contributed by atoms with Crippen molar-refractivity contribution in [3.05, 3.63) is 48.4 Å². The highest BCUT2D eigenvalue weighted by Crippen LogP contribution is 2.13. The fourth-order valence-corrected chi connectivity index (χ4v) is 2.01. The molecule has 0 bridgehead atoms. The van der Waals surface area contributed by atoms with E-state index in [1.54, 1.807) is 12.2 Å². The van der Waals surface area contributed by atoms with Crippen LogP contribution in [0.5, 0.6) is 0 Å². The first kappa shape index (κ1) is 14.5. The van der Waals surface area contributed by atoms with E-state index in [-0.39, 0.29) is 0 Å². The van der Waals surface area contributed by atoms with E-state index in [1.807, 2.05) is 25.1 Å². The molecule has 0 fully saturated rings. The number of anilines is 1. The van der Waals surface area contributed by atoms with Crippen LogP contribution >= 0.6 is 0 Å². The Balaban J connectivity index is 2.05. The zero-order valence-electron chi connectivity index (χ0n) is 11.6. The number of allylic oxidation sites excluding steroid dienone is 2. The van der Waals surface area contributed by atoms with Gasteiger partial charge in [-0.15, -0.1) is 0 Å². The van der Waals surface area contributed by atoms with Crippen molar-refractivity contribution in [2.45, 2.75) is 13.3 Å². The topological polar surface area (TPSA) is 62.8 Å². The van der Waals surface area contributed by atoms with Gasteiger partial charge in [-0.1, -0.05) is 18.7 Å². The Labute approximate surface area is 119 Å². The third kappa shape index (κ3) is 3.56. The average molecular weight is 274 g/mol.